The molecule has 0 saturated heterocycles. The van der Waals surface area contributed by atoms with Crippen molar-refractivity contribution in [2.45, 2.75) is 60.4 Å². The fraction of sp³-hybridized carbons (Fsp3) is 0.319. The summed E-state index contributed by atoms with van der Waals surface area (Å²) in [4.78, 5) is 39.4. The van der Waals surface area contributed by atoms with Crippen LogP contribution in [0.2, 0.25) is 0 Å². The number of amides is 2. The Hall–Kier alpha value is -7.86. The molecule has 0 radical (unpaired) electrons. The maximum absolute atomic E-state index is 14.2. The number of nitrogens with two attached hydrogens (primary N) is 1. The van der Waals surface area contributed by atoms with Gasteiger partial charge in [0.25, 0.3) is 11.8 Å². The van der Waals surface area contributed by atoms with Gasteiger partial charge in [0.05, 0.1) is 24.5 Å². The number of aromatic nitrogens is 6. The average Bonchev–Trinajstić information content (AvgIpc) is 3.91. The van der Waals surface area contributed by atoms with Crippen LogP contribution in [0.3, 0.4) is 0 Å². The molecule has 2 aromatic carbocycles. The van der Waals surface area contributed by atoms with Crippen LogP contribution in [0.15, 0.2) is 73.1 Å². The van der Waals surface area contributed by atoms with Crippen LogP contribution in [-0.4, -0.2) is 79.3 Å². The molecule has 0 aliphatic heterocycles. The van der Waals surface area contributed by atoms with E-state index in [-0.39, 0.29) is 60.2 Å². The van der Waals surface area contributed by atoms with Crippen molar-refractivity contribution in [3.63, 3.8) is 0 Å². The molecular weight excluding hydrogens is 835 g/mol. The number of halogens is 2. The molecule has 340 valence electrons. The Morgan fingerprint density at radius 2 is 1.17 bits per heavy atom. The molecule has 16 nitrogen and oxygen atoms in total. The molecule has 6 aromatic rings. The summed E-state index contributed by atoms with van der Waals surface area (Å²) >= 11 is 0. The third kappa shape index (κ3) is 12.2. The SMILES string of the molecule is C.[2H]C([2H])([2H])n1nc(CN(C)C(=O)c2ccc(F)cc2[C@@H](C)Oc2cc(C)cnc2N(C)C)cc1C#N.[2H]C([2H])([2H])n1nc(CN(C)C(=O)c2ccc(F)cc2[C@@H](C)Oc2cc(C)cnc2N)cc1C#N. The minimum atomic E-state index is -2.63. The highest BCUT2D eigenvalue weighted by molar-refractivity contribution is 5.96. The van der Waals surface area contributed by atoms with Crippen LogP contribution in [0.25, 0.3) is 0 Å². The number of hydrogen-bond acceptors (Lipinski definition) is 12. The Balaban J connectivity index is 0.000000305. The molecule has 0 aliphatic carbocycles. The van der Waals surface area contributed by atoms with Crippen LogP contribution in [0.4, 0.5) is 20.4 Å². The number of pyridine rings is 2. The molecule has 0 aliphatic rings. The average molecular weight is 895 g/mol. The molecule has 2 N–H and O–H groups in total. The van der Waals surface area contributed by atoms with E-state index in [0.717, 1.165) is 17.2 Å². The fourth-order valence-corrected chi connectivity index (χ4v) is 6.46. The molecule has 2 atom stereocenters. The number of nitrogen functional groups attached to an aromatic ring is 1. The predicted molar refractivity (Wildman–Crippen MR) is 242 cm³/mol. The van der Waals surface area contributed by atoms with E-state index < -0.39 is 49.6 Å². The first-order chi connectivity index (χ1) is 32.7. The first kappa shape index (κ1) is 41.2. The molecule has 4 aromatic heterocycles. The Kier molecular flexibility index (Phi) is 13.6. The van der Waals surface area contributed by atoms with E-state index in [9.17, 15) is 28.9 Å². The van der Waals surface area contributed by atoms with Gasteiger partial charge >= 0.3 is 0 Å². The van der Waals surface area contributed by atoms with Crippen LogP contribution >= 0.6 is 0 Å². The third-order valence-corrected chi connectivity index (χ3v) is 9.62. The van der Waals surface area contributed by atoms with E-state index in [2.05, 4.69) is 20.2 Å². The fourth-order valence-electron chi connectivity index (χ4n) is 6.46. The number of anilines is 2. The minimum absolute atomic E-state index is 0. The van der Waals surface area contributed by atoms with Crippen molar-refractivity contribution in [1.29, 1.82) is 10.5 Å². The van der Waals surface area contributed by atoms with Gasteiger partial charge in [-0.25, -0.2) is 18.7 Å². The van der Waals surface area contributed by atoms with Gasteiger partial charge in [-0.15, -0.1) is 0 Å². The smallest absolute Gasteiger partial charge is 0.254 e. The highest BCUT2D eigenvalue weighted by atomic mass is 19.1. The van der Waals surface area contributed by atoms with Crippen LogP contribution in [0.5, 0.6) is 11.5 Å². The Bertz CT molecular complexity index is 2980. The maximum atomic E-state index is 14.2. The van der Waals surface area contributed by atoms with Crippen LogP contribution < -0.4 is 20.1 Å². The van der Waals surface area contributed by atoms with Gasteiger partial charge in [-0.2, -0.15) is 20.7 Å². The van der Waals surface area contributed by atoms with Crippen molar-refractivity contribution in [1.82, 2.24) is 39.3 Å². The van der Waals surface area contributed by atoms with Crippen LogP contribution in [0.1, 0.15) is 107 Å². The van der Waals surface area contributed by atoms with Crippen LogP contribution in [0, 0.1) is 48.1 Å². The first-order valence-corrected chi connectivity index (χ1v) is 19.5. The lowest BCUT2D eigenvalue weighted by molar-refractivity contribution is 0.0771. The number of ether oxygens (including phenoxy) is 2. The van der Waals surface area contributed by atoms with Crippen molar-refractivity contribution < 1.29 is 36.1 Å². The summed E-state index contributed by atoms with van der Waals surface area (Å²) in [6.07, 6.45) is 1.86. The number of nitrogens with zero attached hydrogens (tertiary/aromatic N) is 11. The second-order valence-electron chi connectivity index (χ2n) is 15.0. The van der Waals surface area contributed by atoms with Crippen LogP contribution in [-0.2, 0) is 27.0 Å². The van der Waals surface area contributed by atoms with Gasteiger partial charge in [0, 0.05) is 85.0 Å². The van der Waals surface area contributed by atoms with Gasteiger partial charge < -0.3 is 29.9 Å². The number of rotatable bonds is 13. The molecule has 0 spiro atoms. The number of aryl methyl sites for hydroxylation is 4. The molecule has 65 heavy (non-hydrogen) atoms. The van der Waals surface area contributed by atoms with Gasteiger partial charge in [0.15, 0.2) is 23.1 Å². The molecule has 6 rings (SSSR count). The summed E-state index contributed by atoms with van der Waals surface area (Å²) in [6, 6.07) is 17.3. The number of nitriles is 2. The lowest BCUT2D eigenvalue weighted by atomic mass is 10.0. The van der Waals surface area contributed by atoms with E-state index in [4.69, 9.17) is 23.4 Å². The molecule has 2 amide bonds. The van der Waals surface area contributed by atoms with E-state index in [1.54, 1.807) is 49.3 Å². The number of carbonyl (C=O) groups excluding carboxylic acids is 2. The van der Waals surface area contributed by atoms with Crippen molar-refractivity contribution in [2.24, 2.45) is 14.0 Å². The largest absolute Gasteiger partial charge is 0.482 e. The second-order valence-corrected chi connectivity index (χ2v) is 15.0. The molecular formula is C47H54F2N12O4. The summed E-state index contributed by atoms with van der Waals surface area (Å²) in [5, 5.41) is 26.3. The Morgan fingerprint density at radius 1 is 0.738 bits per heavy atom. The quantitative estimate of drug-likeness (QED) is 0.121. The van der Waals surface area contributed by atoms with E-state index in [1.807, 2.05) is 34.0 Å². The molecule has 18 heteroatoms. The zero-order valence-corrected chi connectivity index (χ0v) is 36.4. The van der Waals surface area contributed by atoms with Gasteiger partial charge in [-0.05, 0) is 99.5 Å². The highest BCUT2D eigenvalue weighted by Gasteiger charge is 2.25. The van der Waals surface area contributed by atoms with E-state index >= 15 is 0 Å². The summed E-state index contributed by atoms with van der Waals surface area (Å²) in [7, 11) is 6.65. The zero-order chi connectivity index (χ0) is 52.0. The number of hydrogen-bond donors (Lipinski definition) is 1. The molecule has 0 saturated carbocycles. The van der Waals surface area contributed by atoms with Gasteiger partial charge in [-0.1, -0.05) is 7.43 Å². The minimum Gasteiger partial charge on any atom is -0.482 e. The van der Waals surface area contributed by atoms with Gasteiger partial charge in [-0.3, -0.25) is 19.0 Å². The van der Waals surface area contributed by atoms with E-state index in [0.29, 0.717) is 37.8 Å². The maximum Gasteiger partial charge on any atom is 0.254 e. The molecule has 0 bridgehead atoms. The topological polar surface area (TPSA) is 197 Å². The van der Waals surface area contributed by atoms with Crippen molar-refractivity contribution in [2.75, 3.05) is 38.8 Å². The third-order valence-electron chi connectivity index (χ3n) is 9.62. The summed E-state index contributed by atoms with van der Waals surface area (Å²) in [5.41, 5.74) is 8.77. The van der Waals surface area contributed by atoms with Gasteiger partial charge in [0.1, 0.15) is 47.4 Å². The lowest BCUT2D eigenvalue weighted by Crippen LogP contribution is -2.28. The monoisotopic (exact) mass is 894 g/mol. The van der Waals surface area contributed by atoms with Crippen molar-refractivity contribution in [3.8, 4) is 23.6 Å². The Morgan fingerprint density at radius 3 is 1.58 bits per heavy atom. The molecule has 0 unspecified atom stereocenters. The van der Waals surface area contributed by atoms with Crippen molar-refractivity contribution in [3.05, 3.63) is 141 Å². The normalized spacial score (nSPS) is 13.2. The highest BCUT2D eigenvalue weighted by Crippen LogP contribution is 2.33. The number of benzene rings is 2. The summed E-state index contributed by atoms with van der Waals surface area (Å²) in [5.74, 6) is -0.435. The summed E-state index contributed by atoms with van der Waals surface area (Å²) < 4.78 is 86.6. The van der Waals surface area contributed by atoms with Crippen molar-refractivity contribution >= 4 is 23.5 Å². The van der Waals surface area contributed by atoms with Gasteiger partial charge in [0.2, 0.25) is 0 Å². The lowest BCUT2D eigenvalue weighted by Gasteiger charge is -2.24. The Labute approximate surface area is 386 Å². The molecule has 4 heterocycles. The zero-order valence-electron chi connectivity index (χ0n) is 42.4. The summed E-state index contributed by atoms with van der Waals surface area (Å²) in [6.45, 7) is 1.68. The standard InChI is InChI=1S/C24H27FN6O2.C22H23FN6O2.CH4/c1-15-9-22(23(27-13-15)29(3)4)33-16(2)21-10-17(25)7-8-20(21)24(32)30(5)14-18-11-19(12-26)31(6)28-18;1-13-7-20(21(25)26-11-13)31-14(2)19-8-15(23)5-6-18(19)22(30)28(3)12-16-9-17(10-24)29(4)27-16;/h7-11,13,16H,14H2,1-6H3;5-9,11,14H,12H2,1-4H3,(H2,25,26);1H4/t16-;14-;/m11./s1/i6D3;4D3;. The number of carbonyl (C=O) groups is 2. The second kappa shape index (κ2) is 21.5. The predicted octanol–water partition coefficient (Wildman–Crippen LogP) is 7.38. The van der Waals surface area contributed by atoms with E-state index in [1.165, 1.54) is 66.4 Å². The first-order valence-electron chi connectivity index (χ1n) is 22.5. The molecule has 0 fully saturated rings.